The van der Waals surface area contributed by atoms with Gasteiger partial charge in [-0.05, 0) is 34.4 Å². The Bertz CT molecular complexity index is 1060. The van der Waals surface area contributed by atoms with E-state index in [9.17, 15) is 14.7 Å². The SMILES string of the molecule is Nc1c(C(=O)O)ccc(Cl)c1C(=O)OCC1c2ccccc2-c2ccccc21. The van der Waals surface area contributed by atoms with Gasteiger partial charge in [-0.15, -0.1) is 0 Å². The summed E-state index contributed by atoms with van der Waals surface area (Å²) in [4.78, 5) is 23.9. The van der Waals surface area contributed by atoms with Gasteiger partial charge in [0, 0.05) is 5.92 Å². The van der Waals surface area contributed by atoms with Crippen molar-refractivity contribution in [1.29, 1.82) is 0 Å². The van der Waals surface area contributed by atoms with Crippen LogP contribution in [0.3, 0.4) is 0 Å². The molecule has 0 spiro atoms. The number of esters is 1. The molecule has 0 saturated heterocycles. The average molecular weight is 394 g/mol. The number of rotatable bonds is 4. The maximum Gasteiger partial charge on any atom is 0.341 e. The second-order valence-corrected chi connectivity index (χ2v) is 6.92. The highest BCUT2D eigenvalue weighted by molar-refractivity contribution is 6.34. The third-order valence-electron chi connectivity index (χ3n) is 4.97. The largest absolute Gasteiger partial charge is 0.478 e. The van der Waals surface area contributed by atoms with Crippen LogP contribution in [0.15, 0.2) is 60.7 Å². The Hall–Kier alpha value is -3.31. The van der Waals surface area contributed by atoms with Gasteiger partial charge in [0.05, 0.1) is 16.3 Å². The molecule has 1 aliphatic rings. The molecule has 0 aliphatic heterocycles. The van der Waals surface area contributed by atoms with Crippen molar-refractivity contribution < 1.29 is 19.4 Å². The van der Waals surface area contributed by atoms with E-state index in [0.29, 0.717) is 0 Å². The van der Waals surface area contributed by atoms with Gasteiger partial charge in [-0.2, -0.15) is 0 Å². The number of nitrogen functional groups attached to an aromatic ring is 1. The first kappa shape index (κ1) is 18.1. The fourth-order valence-corrected chi connectivity index (χ4v) is 3.90. The number of carbonyl (C=O) groups is 2. The summed E-state index contributed by atoms with van der Waals surface area (Å²) in [6.07, 6.45) is 0. The minimum Gasteiger partial charge on any atom is -0.478 e. The molecule has 0 radical (unpaired) electrons. The second-order valence-electron chi connectivity index (χ2n) is 6.51. The summed E-state index contributed by atoms with van der Waals surface area (Å²) >= 11 is 6.08. The van der Waals surface area contributed by atoms with Crippen LogP contribution in [0.25, 0.3) is 11.1 Å². The minimum absolute atomic E-state index is 0.0553. The van der Waals surface area contributed by atoms with Crippen molar-refractivity contribution in [3.63, 3.8) is 0 Å². The number of fused-ring (bicyclic) bond motifs is 3. The smallest absolute Gasteiger partial charge is 0.341 e. The van der Waals surface area contributed by atoms with Crippen molar-refractivity contribution in [2.24, 2.45) is 0 Å². The zero-order valence-electron chi connectivity index (χ0n) is 14.7. The molecule has 1 aliphatic carbocycles. The highest BCUT2D eigenvalue weighted by Crippen LogP contribution is 2.44. The summed E-state index contributed by atoms with van der Waals surface area (Å²) < 4.78 is 5.53. The molecule has 0 bridgehead atoms. The molecule has 3 aromatic carbocycles. The van der Waals surface area contributed by atoms with E-state index in [1.165, 1.54) is 12.1 Å². The minimum atomic E-state index is -1.23. The lowest BCUT2D eigenvalue weighted by Gasteiger charge is -2.15. The Labute approximate surface area is 166 Å². The van der Waals surface area contributed by atoms with Gasteiger partial charge in [-0.25, -0.2) is 9.59 Å². The Morgan fingerprint density at radius 2 is 1.54 bits per heavy atom. The predicted octanol–water partition coefficient (Wildman–Crippen LogP) is 4.59. The van der Waals surface area contributed by atoms with Crippen molar-refractivity contribution in [1.82, 2.24) is 0 Å². The zero-order valence-corrected chi connectivity index (χ0v) is 15.4. The molecule has 3 N–H and O–H groups in total. The van der Waals surface area contributed by atoms with E-state index in [2.05, 4.69) is 0 Å². The van der Waals surface area contributed by atoms with Crippen molar-refractivity contribution in [2.45, 2.75) is 5.92 Å². The Kier molecular flexibility index (Phi) is 4.53. The Balaban J connectivity index is 1.63. The van der Waals surface area contributed by atoms with Crippen LogP contribution in [0.4, 0.5) is 5.69 Å². The van der Waals surface area contributed by atoms with Gasteiger partial charge in [0.2, 0.25) is 0 Å². The van der Waals surface area contributed by atoms with E-state index >= 15 is 0 Å². The van der Waals surface area contributed by atoms with Crippen LogP contribution in [0, 0.1) is 0 Å². The Morgan fingerprint density at radius 1 is 0.964 bits per heavy atom. The third kappa shape index (κ3) is 2.90. The lowest BCUT2D eigenvalue weighted by molar-refractivity contribution is 0.0495. The highest BCUT2D eigenvalue weighted by atomic mass is 35.5. The second kappa shape index (κ2) is 7.02. The molecule has 0 aromatic heterocycles. The monoisotopic (exact) mass is 393 g/mol. The molecule has 5 nitrogen and oxygen atoms in total. The quantitative estimate of drug-likeness (QED) is 0.499. The van der Waals surface area contributed by atoms with Gasteiger partial charge < -0.3 is 15.6 Å². The molecule has 0 atom stereocenters. The number of aromatic carboxylic acids is 1. The fraction of sp³-hybridized carbons (Fsp3) is 0.0909. The number of hydrogen-bond donors (Lipinski definition) is 2. The number of anilines is 1. The summed E-state index contributed by atoms with van der Waals surface area (Å²) in [5.74, 6) is -2.09. The normalized spacial score (nSPS) is 12.3. The molecule has 6 heteroatoms. The van der Waals surface area contributed by atoms with Crippen LogP contribution in [0.5, 0.6) is 0 Å². The predicted molar refractivity (Wildman–Crippen MR) is 107 cm³/mol. The van der Waals surface area contributed by atoms with Crippen molar-refractivity contribution in [3.8, 4) is 11.1 Å². The molecule has 28 heavy (non-hydrogen) atoms. The maximum atomic E-state index is 12.7. The first-order valence-electron chi connectivity index (χ1n) is 8.65. The number of carbonyl (C=O) groups excluding carboxylic acids is 1. The summed E-state index contributed by atoms with van der Waals surface area (Å²) in [7, 11) is 0. The van der Waals surface area contributed by atoms with Crippen LogP contribution in [-0.4, -0.2) is 23.7 Å². The number of hydrogen-bond acceptors (Lipinski definition) is 4. The molecule has 0 amide bonds. The molecular formula is C22H16ClNO4. The summed E-state index contributed by atoms with van der Waals surface area (Å²) in [6, 6.07) is 18.6. The standard InChI is InChI=1S/C22H16ClNO4/c23-18-10-9-16(21(25)26)20(24)19(18)22(27)28-11-17-14-7-3-1-5-12(14)13-6-2-4-8-15(13)17/h1-10,17H,11,24H2,(H,25,26). The topological polar surface area (TPSA) is 89.6 Å². The number of benzene rings is 3. The summed E-state index contributed by atoms with van der Waals surface area (Å²) in [6.45, 7) is 0.0972. The fourth-order valence-electron chi connectivity index (χ4n) is 3.66. The molecule has 140 valence electrons. The van der Waals surface area contributed by atoms with Gasteiger partial charge in [0.1, 0.15) is 12.2 Å². The van der Waals surface area contributed by atoms with Crippen molar-refractivity contribution in [3.05, 3.63) is 87.9 Å². The zero-order chi connectivity index (χ0) is 19.8. The van der Waals surface area contributed by atoms with Crippen LogP contribution < -0.4 is 5.73 Å². The number of halogens is 1. The molecule has 0 heterocycles. The molecule has 3 aromatic rings. The first-order valence-corrected chi connectivity index (χ1v) is 9.03. The lowest BCUT2D eigenvalue weighted by atomic mass is 9.98. The van der Waals surface area contributed by atoms with Gasteiger partial charge >= 0.3 is 11.9 Å². The van der Waals surface area contributed by atoms with E-state index in [1.54, 1.807) is 0 Å². The molecule has 4 rings (SSSR count). The summed E-state index contributed by atoms with van der Waals surface area (Å²) in [5, 5.41) is 9.26. The molecule has 0 unspecified atom stereocenters. The van der Waals surface area contributed by atoms with Crippen molar-refractivity contribution >= 4 is 29.2 Å². The summed E-state index contributed by atoms with van der Waals surface area (Å²) in [5.41, 5.74) is 9.74. The third-order valence-corrected chi connectivity index (χ3v) is 5.29. The van der Waals surface area contributed by atoms with E-state index < -0.39 is 11.9 Å². The number of nitrogens with two attached hydrogens (primary N) is 1. The highest BCUT2D eigenvalue weighted by Gasteiger charge is 2.30. The van der Waals surface area contributed by atoms with Gasteiger partial charge in [0.15, 0.2) is 0 Å². The van der Waals surface area contributed by atoms with Gasteiger partial charge in [0.25, 0.3) is 0 Å². The number of carboxylic acids is 1. The maximum absolute atomic E-state index is 12.7. The molecular weight excluding hydrogens is 378 g/mol. The number of carboxylic acid groups (broad SMARTS) is 1. The number of ether oxygens (including phenoxy) is 1. The van der Waals surface area contributed by atoms with E-state index in [1.807, 2.05) is 48.5 Å². The molecule has 0 saturated carbocycles. The van der Waals surface area contributed by atoms with E-state index in [-0.39, 0.29) is 34.4 Å². The van der Waals surface area contributed by atoms with Crippen LogP contribution in [-0.2, 0) is 4.74 Å². The first-order chi connectivity index (χ1) is 13.5. The van der Waals surface area contributed by atoms with E-state index in [0.717, 1.165) is 22.3 Å². The Morgan fingerprint density at radius 3 is 2.11 bits per heavy atom. The van der Waals surface area contributed by atoms with E-state index in [4.69, 9.17) is 22.1 Å². The lowest BCUT2D eigenvalue weighted by Crippen LogP contribution is -2.16. The van der Waals surface area contributed by atoms with Crippen molar-refractivity contribution in [2.75, 3.05) is 12.3 Å². The van der Waals surface area contributed by atoms with Crippen LogP contribution in [0.2, 0.25) is 5.02 Å². The average Bonchev–Trinajstić information content (AvgIpc) is 3.00. The van der Waals surface area contributed by atoms with Gasteiger partial charge in [-0.3, -0.25) is 0 Å². The van der Waals surface area contributed by atoms with Crippen LogP contribution >= 0.6 is 11.6 Å². The van der Waals surface area contributed by atoms with Gasteiger partial charge in [-0.1, -0.05) is 60.1 Å². The van der Waals surface area contributed by atoms with Crippen LogP contribution in [0.1, 0.15) is 37.8 Å². The molecule has 0 fully saturated rings.